The van der Waals surface area contributed by atoms with Gasteiger partial charge in [0.25, 0.3) is 5.91 Å². The van der Waals surface area contributed by atoms with E-state index in [1.165, 1.54) is 0 Å². The highest BCUT2D eigenvalue weighted by Crippen LogP contribution is 2.39. The molecular formula is C25H40N2O5. The van der Waals surface area contributed by atoms with Crippen molar-refractivity contribution >= 4 is 5.91 Å². The van der Waals surface area contributed by atoms with E-state index in [2.05, 4.69) is 18.7 Å². The second-order valence-corrected chi connectivity index (χ2v) is 8.81. The van der Waals surface area contributed by atoms with Gasteiger partial charge in [-0.3, -0.25) is 9.69 Å². The molecule has 1 aromatic rings. The minimum Gasteiger partial charge on any atom is -0.490 e. The Labute approximate surface area is 192 Å². The number of hydrogen-bond acceptors (Lipinski definition) is 6. The third-order valence-electron chi connectivity index (χ3n) is 6.07. The highest BCUT2D eigenvalue weighted by molar-refractivity contribution is 5.95. The zero-order valence-electron chi connectivity index (χ0n) is 20.4. The standard InChI is InChI=1S/C25H40N2O5/c1-6-29-22-13-21(14-23(30-7-2)24(22)31-8-3)25(28)27-11-9-20(10-12-27)17-26-15-18(4)32-19(5)16-26/h13-14,18-20H,6-12,15-17H2,1-5H3. The average molecular weight is 449 g/mol. The lowest BCUT2D eigenvalue weighted by molar-refractivity contribution is -0.0728. The van der Waals surface area contributed by atoms with Crippen LogP contribution in [0, 0.1) is 5.92 Å². The van der Waals surface area contributed by atoms with Gasteiger partial charge in [-0.25, -0.2) is 0 Å². The summed E-state index contributed by atoms with van der Waals surface area (Å²) in [5.41, 5.74) is 0.592. The van der Waals surface area contributed by atoms with Gasteiger partial charge < -0.3 is 23.8 Å². The highest BCUT2D eigenvalue weighted by atomic mass is 16.5. The number of morpholine rings is 1. The van der Waals surface area contributed by atoms with Gasteiger partial charge in [0, 0.05) is 38.3 Å². The van der Waals surface area contributed by atoms with Crippen molar-refractivity contribution in [2.45, 2.75) is 59.7 Å². The smallest absolute Gasteiger partial charge is 0.254 e. The number of hydrogen-bond donors (Lipinski definition) is 0. The molecule has 32 heavy (non-hydrogen) atoms. The summed E-state index contributed by atoms with van der Waals surface area (Å²) in [4.78, 5) is 17.8. The van der Waals surface area contributed by atoms with Crippen LogP contribution in [0.4, 0.5) is 0 Å². The molecule has 2 heterocycles. The first-order valence-electron chi connectivity index (χ1n) is 12.2. The molecule has 180 valence electrons. The van der Waals surface area contributed by atoms with Gasteiger partial charge >= 0.3 is 0 Å². The molecule has 3 rings (SSSR count). The minimum atomic E-state index is 0.0296. The van der Waals surface area contributed by atoms with E-state index in [-0.39, 0.29) is 5.91 Å². The number of carbonyl (C=O) groups is 1. The van der Waals surface area contributed by atoms with E-state index < -0.39 is 0 Å². The topological polar surface area (TPSA) is 60.5 Å². The van der Waals surface area contributed by atoms with E-state index in [4.69, 9.17) is 18.9 Å². The van der Waals surface area contributed by atoms with E-state index in [9.17, 15) is 4.79 Å². The van der Waals surface area contributed by atoms with Gasteiger partial charge in [0.1, 0.15) is 0 Å². The number of likely N-dealkylation sites (tertiary alicyclic amines) is 1. The molecule has 0 aromatic heterocycles. The lowest BCUT2D eigenvalue weighted by atomic mass is 9.95. The summed E-state index contributed by atoms with van der Waals surface area (Å²) in [5, 5.41) is 0. The Morgan fingerprint density at radius 3 is 1.97 bits per heavy atom. The Hall–Kier alpha value is -1.99. The molecule has 2 aliphatic rings. The molecule has 7 heteroatoms. The van der Waals surface area contributed by atoms with Crippen molar-refractivity contribution in [2.75, 3.05) is 52.5 Å². The van der Waals surface area contributed by atoms with Gasteiger partial charge in [0.15, 0.2) is 11.5 Å². The second-order valence-electron chi connectivity index (χ2n) is 8.81. The van der Waals surface area contributed by atoms with Crippen LogP contribution in [0.1, 0.15) is 57.8 Å². The summed E-state index contributed by atoms with van der Waals surface area (Å²) < 4.78 is 23.2. The van der Waals surface area contributed by atoms with Crippen molar-refractivity contribution in [2.24, 2.45) is 5.92 Å². The predicted molar refractivity (Wildman–Crippen MR) is 125 cm³/mol. The van der Waals surface area contributed by atoms with Gasteiger partial charge in [-0.05, 0) is 65.5 Å². The van der Waals surface area contributed by atoms with Crippen LogP contribution >= 0.6 is 0 Å². The van der Waals surface area contributed by atoms with Crippen LogP contribution in [-0.4, -0.2) is 80.5 Å². The van der Waals surface area contributed by atoms with E-state index in [1.807, 2.05) is 25.7 Å². The largest absolute Gasteiger partial charge is 0.490 e. The fraction of sp³-hybridized carbons (Fsp3) is 0.720. The predicted octanol–water partition coefficient (Wildman–Crippen LogP) is 3.84. The number of carbonyl (C=O) groups excluding carboxylic acids is 1. The van der Waals surface area contributed by atoms with Gasteiger partial charge in [-0.1, -0.05) is 0 Å². The number of piperidine rings is 1. The summed E-state index contributed by atoms with van der Waals surface area (Å²) in [5.74, 6) is 2.35. The first-order chi connectivity index (χ1) is 15.4. The number of amides is 1. The Bertz CT molecular complexity index is 711. The molecule has 2 atom stereocenters. The quantitative estimate of drug-likeness (QED) is 0.572. The molecule has 1 aromatic carbocycles. The third-order valence-corrected chi connectivity index (χ3v) is 6.07. The van der Waals surface area contributed by atoms with Crippen molar-refractivity contribution in [3.05, 3.63) is 17.7 Å². The summed E-state index contributed by atoms with van der Waals surface area (Å²) in [6.07, 6.45) is 2.64. The summed E-state index contributed by atoms with van der Waals surface area (Å²) in [7, 11) is 0. The Kier molecular flexibility index (Phi) is 9.05. The van der Waals surface area contributed by atoms with Crippen LogP contribution in [0.3, 0.4) is 0 Å². The van der Waals surface area contributed by atoms with Crippen LogP contribution in [0.25, 0.3) is 0 Å². The molecule has 0 saturated carbocycles. The molecule has 0 aliphatic carbocycles. The average Bonchev–Trinajstić information content (AvgIpc) is 2.75. The van der Waals surface area contributed by atoms with Gasteiger partial charge in [-0.2, -0.15) is 0 Å². The third kappa shape index (κ3) is 6.29. The monoisotopic (exact) mass is 448 g/mol. The molecule has 0 N–H and O–H groups in total. The zero-order chi connectivity index (χ0) is 23.1. The maximum Gasteiger partial charge on any atom is 0.254 e. The van der Waals surface area contributed by atoms with E-state index in [0.717, 1.165) is 45.6 Å². The first-order valence-corrected chi connectivity index (χ1v) is 12.2. The zero-order valence-corrected chi connectivity index (χ0v) is 20.4. The molecule has 1 amide bonds. The Balaban J connectivity index is 1.65. The van der Waals surface area contributed by atoms with E-state index in [0.29, 0.717) is 60.8 Å². The molecule has 0 spiro atoms. The van der Waals surface area contributed by atoms with Gasteiger partial charge in [-0.15, -0.1) is 0 Å². The van der Waals surface area contributed by atoms with Crippen molar-refractivity contribution < 1.29 is 23.7 Å². The molecule has 2 aliphatic heterocycles. The van der Waals surface area contributed by atoms with Crippen LogP contribution in [0.15, 0.2) is 12.1 Å². The number of benzene rings is 1. The highest BCUT2D eigenvalue weighted by Gasteiger charge is 2.29. The van der Waals surface area contributed by atoms with Crippen LogP contribution in [0.2, 0.25) is 0 Å². The van der Waals surface area contributed by atoms with E-state index in [1.54, 1.807) is 12.1 Å². The first kappa shape index (κ1) is 24.6. The lowest BCUT2D eigenvalue weighted by Crippen LogP contribution is -2.48. The molecule has 7 nitrogen and oxygen atoms in total. The number of rotatable bonds is 9. The van der Waals surface area contributed by atoms with Crippen molar-refractivity contribution in [3.8, 4) is 17.2 Å². The summed E-state index contributed by atoms with van der Waals surface area (Å²) in [6.45, 7) is 16.2. The van der Waals surface area contributed by atoms with Gasteiger partial charge in [0.05, 0.1) is 32.0 Å². The Morgan fingerprint density at radius 2 is 1.47 bits per heavy atom. The minimum absolute atomic E-state index is 0.0296. The maximum atomic E-state index is 13.3. The molecule has 2 saturated heterocycles. The summed E-state index contributed by atoms with van der Waals surface area (Å²) >= 11 is 0. The normalized spacial score (nSPS) is 22.6. The Morgan fingerprint density at radius 1 is 0.938 bits per heavy atom. The molecular weight excluding hydrogens is 408 g/mol. The maximum absolute atomic E-state index is 13.3. The number of ether oxygens (including phenoxy) is 4. The van der Waals surface area contributed by atoms with Crippen LogP contribution < -0.4 is 14.2 Å². The van der Waals surface area contributed by atoms with Crippen molar-refractivity contribution in [1.29, 1.82) is 0 Å². The molecule has 0 radical (unpaired) electrons. The second kappa shape index (κ2) is 11.8. The van der Waals surface area contributed by atoms with Crippen LogP contribution in [-0.2, 0) is 4.74 Å². The van der Waals surface area contributed by atoms with Crippen LogP contribution in [0.5, 0.6) is 17.2 Å². The fourth-order valence-electron chi connectivity index (χ4n) is 4.81. The fourth-order valence-corrected chi connectivity index (χ4v) is 4.81. The van der Waals surface area contributed by atoms with Crippen molar-refractivity contribution in [3.63, 3.8) is 0 Å². The molecule has 2 unspecified atom stereocenters. The molecule has 2 fully saturated rings. The van der Waals surface area contributed by atoms with E-state index >= 15 is 0 Å². The lowest BCUT2D eigenvalue weighted by Gasteiger charge is -2.39. The van der Waals surface area contributed by atoms with Crippen molar-refractivity contribution in [1.82, 2.24) is 9.80 Å². The SMILES string of the molecule is CCOc1cc(C(=O)N2CCC(CN3CC(C)OC(C)C3)CC2)cc(OCC)c1OCC. The number of nitrogens with zero attached hydrogens (tertiary/aromatic N) is 2. The molecule has 0 bridgehead atoms. The summed E-state index contributed by atoms with van der Waals surface area (Å²) in [6, 6.07) is 3.59. The van der Waals surface area contributed by atoms with Gasteiger partial charge in [0.2, 0.25) is 5.75 Å².